The molecule has 3 heterocycles. The van der Waals surface area contributed by atoms with Crippen LogP contribution in [0.3, 0.4) is 0 Å². The summed E-state index contributed by atoms with van der Waals surface area (Å²) < 4.78 is 10.8. The minimum absolute atomic E-state index is 0.303. The van der Waals surface area contributed by atoms with Crippen LogP contribution in [-0.4, -0.2) is 23.3 Å². The topological polar surface area (TPSA) is 68.3 Å². The number of nitrogens with zero attached hydrogens (tertiary/aromatic N) is 2. The van der Waals surface area contributed by atoms with Crippen molar-refractivity contribution in [2.75, 3.05) is 18.7 Å². The van der Waals surface area contributed by atoms with Crippen molar-refractivity contribution in [3.63, 3.8) is 0 Å². The zero-order valence-electron chi connectivity index (χ0n) is 12.5. The molecular weight excluding hydrogens is 280 g/mol. The molecule has 0 radical (unpaired) electrons. The van der Waals surface area contributed by atoms with E-state index in [1.807, 2.05) is 25.1 Å². The number of hydrogen-bond donors (Lipinski definition) is 2. The molecule has 114 valence electrons. The Balaban J connectivity index is 1.55. The Hall–Kier alpha value is -2.34. The minimum Gasteiger partial charge on any atom is -0.454 e. The molecule has 0 atom stereocenters. The highest BCUT2D eigenvalue weighted by Crippen LogP contribution is 2.32. The summed E-state index contributed by atoms with van der Waals surface area (Å²) in [7, 11) is 0. The molecule has 6 heteroatoms. The molecular formula is C16H18N4O2. The third-order valence-electron chi connectivity index (χ3n) is 3.95. The Morgan fingerprint density at radius 1 is 1.23 bits per heavy atom. The quantitative estimate of drug-likeness (QED) is 0.900. The first-order valence-electron chi connectivity index (χ1n) is 7.49. The molecule has 22 heavy (non-hydrogen) atoms. The van der Waals surface area contributed by atoms with E-state index in [0.29, 0.717) is 13.3 Å². The lowest BCUT2D eigenvalue weighted by atomic mass is 10.1. The molecule has 2 aliphatic heterocycles. The maximum atomic E-state index is 5.42. The Morgan fingerprint density at radius 3 is 3.09 bits per heavy atom. The Labute approximate surface area is 128 Å². The molecule has 2 N–H and O–H groups in total. The van der Waals surface area contributed by atoms with Gasteiger partial charge < -0.3 is 20.1 Å². The van der Waals surface area contributed by atoms with Crippen LogP contribution in [0.15, 0.2) is 18.2 Å². The van der Waals surface area contributed by atoms with Crippen molar-refractivity contribution in [2.45, 2.75) is 26.4 Å². The highest BCUT2D eigenvalue weighted by molar-refractivity contribution is 5.50. The number of ether oxygens (including phenoxy) is 2. The fraction of sp³-hybridized carbons (Fsp3) is 0.375. The highest BCUT2D eigenvalue weighted by atomic mass is 16.7. The average molecular weight is 298 g/mol. The lowest BCUT2D eigenvalue weighted by Crippen LogP contribution is -2.26. The molecule has 0 unspecified atom stereocenters. The third kappa shape index (κ3) is 2.46. The van der Waals surface area contributed by atoms with Crippen LogP contribution in [-0.2, 0) is 19.5 Å². The van der Waals surface area contributed by atoms with Crippen molar-refractivity contribution in [3.8, 4) is 11.5 Å². The number of rotatable bonds is 3. The molecule has 0 bridgehead atoms. The summed E-state index contributed by atoms with van der Waals surface area (Å²) in [6.07, 6.45) is 0.957. The van der Waals surface area contributed by atoms with E-state index in [2.05, 4.69) is 20.6 Å². The van der Waals surface area contributed by atoms with Gasteiger partial charge in [0, 0.05) is 18.7 Å². The van der Waals surface area contributed by atoms with E-state index < -0.39 is 0 Å². The van der Waals surface area contributed by atoms with Gasteiger partial charge in [-0.2, -0.15) is 0 Å². The second-order valence-electron chi connectivity index (χ2n) is 5.51. The number of aromatic nitrogens is 2. The van der Waals surface area contributed by atoms with Crippen molar-refractivity contribution in [1.82, 2.24) is 15.3 Å². The maximum absolute atomic E-state index is 5.42. The van der Waals surface area contributed by atoms with Crippen molar-refractivity contribution >= 4 is 5.82 Å². The molecule has 2 aliphatic rings. The summed E-state index contributed by atoms with van der Waals surface area (Å²) in [6, 6.07) is 6.00. The van der Waals surface area contributed by atoms with Crippen LogP contribution in [0.2, 0.25) is 0 Å². The normalized spacial score (nSPS) is 15.5. The van der Waals surface area contributed by atoms with Crippen LogP contribution in [0.5, 0.6) is 11.5 Å². The van der Waals surface area contributed by atoms with Crippen LogP contribution in [0.1, 0.15) is 22.6 Å². The third-order valence-corrected chi connectivity index (χ3v) is 3.95. The zero-order chi connectivity index (χ0) is 14.9. The number of aryl methyl sites for hydroxylation is 1. The first-order chi connectivity index (χ1) is 10.8. The van der Waals surface area contributed by atoms with Crippen molar-refractivity contribution in [1.29, 1.82) is 0 Å². The number of benzene rings is 1. The number of hydrogen-bond acceptors (Lipinski definition) is 6. The summed E-state index contributed by atoms with van der Waals surface area (Å²) in [5.41, 5.74) is 3.47. The van der Waals surface area contributed by atoms with Gasteiger partial charge in [0.25, 0.3) is 0 Å². The second-order valence-corrected chi connectivity index (χ2v) is 5.51. The van der Waals surface area contributed by atoms with Crippen LogP contribution >= 0.6 is 0 Å². The van der Waals surface area contributed by atoms with Crippen LogP contribution < -0.4 is 20.1 Å². The van der Waals surface area contributed by atoms with Crippen LogP contribution in [0, 0.1) is 6.92 Å². The number of anilines is 1. The van der Waals surface area contributed by atoms with Crippen LogP contribution in [0.25, 0.3) is 0 Å². The molecule has 0 amide bonds. The van der Waals surface area contributed by atoms with Gasteiger partial charge in [0.2, 0.25) is 6.79 Å². The Bertz CT molecular complexity index is 718. The van der Waals surface area contributed by atoms with E-state index >= 15 is 0 Å². The molecule has 0 saturated heterocycles. The maximum Gasteiger partial charge on any atom is 0.231 e. The Morgan fingerprint density at radius 2 is 2.14 bits per heavy atom. The van der Waals surface area contributed by atoms with Crippen molar-refractivity contribution in [3.05, 3.63) is 40.8 Å². The zero-order valence-corrected chi connectivity index (χ0v) is 12.5. The predicted octanol–water partition coefficient (Wildman–Crippen LogP) is 1.77. The fourth-order valence-corrected chi connectivity index (χ4v) is 2.87. The van der Waals surface area contributed by atoms with E-state index in [9.17, 15) is 0 Å². The molecule has 1 aromatic carbocycles. The summed E-state index contributed by atoms with van der Waals surface area (Å²) in [6.45, 7) is 4.72. The summed E-state index contributed by atoms with van der Waals surface area (Å²) >= 11 is 0. The van der Waals surface area contributed by atoms with Gasteiger partial charge in [-0.05, 0) is 37.6 Å². The fourth-order valence-electron chi connectivity index (χ4n) is 2.87. The van der Waals surface area contributed by atoms with Gasteiger partial charge >= 0.3 is 0 Å². The smallest absolute Gasteiger partial charge is 0.231 e. The minimum atomic E-state index is 0.303. The van der Waals surface area contributed by atoms with E-state index in [4.69, 9.17) is 9.47 Å². The number of nitrogens with one attached hydrogen (secondary N) is 2. The van der Waals surface area contributed by atoms with E-state index in [0.717, 1.165) is 53.9 Å². The first-order valence-corrected chi connectivity index (χ1v) is 7.49. The molecule has 2 aromatic rings. The van der Waals surface area contributed by atoms with Gasteiger partial charge in [-0.25, -0.2) is 9.97 Å². The first kappa shape index (κ1) is 13.3. The standard InChI is InChI=1S/C16H18N4O2/c1-10-19-13-8-17-5-4-12(13)16(20-10)18-7-11-2-3-14-15(6-11)22-9-21-14/h2-3,6,17H,4-5,7-9H2,1H3,(H,18,19,20). The molecule has 1 aromatic heterocycles. The molecule has 6 nitrogen and oxygen atoms in total. The second kappa shape index (κ2) is 5.46. The van der Waals surface area contributed by atoms with E-state index in [-0.39, 0.29) is 0 Å². The highest BCUT2D eigenvalue weighted by Gasteiger charge is 2.17. The summed E-state index contributed by atoms with van der Waals surface area (Å²) in [4.78, 5) is 9.09. The molecule has 0 aliphatic carbocycles. The average Bonchev–Trinajstić information content (AvgIpc) is 3.00. The SMILES string of the molecule is Cc1nc2c(c(NCc3ccc4c(c3)OCO4)n1)CCNC2. The molecule has 0 spiro atoms. The van der Waals surface area contributed by atoms with Crippen molar-refractivity contribution < 1.29 is 9.47 Å². The lowest BCUT2D eigenvalue weighted by Gasteiger charge is -2.20. The number of fused-ring (bicyclic) bond motifs is 2. The molecule has 4 rings (SSSR count). The monoisotopic (exact) mass is 298 g/mol. The van der Waals surface area contributed by atoms with Gasteiger partial charge in [-0.15, -0.1) is 0 Å². The van der Waals surface area contributed by atoms with Gasteiger partial charge in [-0.1, -0.05) is 6.07 Å². The summed E-state index contributed by atoms with van der Waals surface area (Å²) in [5.74, 6) is 3.37. The molecule has 0 fully saturated rings. The van der Waals surface area contributed by atoms with Gasteiger partial charge in [0.1, 0.15) is 11.6 Å². The Kier molecular flexibility index (Phi) is 3.31. The lowest BCUT2D eigenvalue weighted by molar-refractivity contribution is 0.174. The van der Waals surface area contributed by atoms with E-state index in [1.54, 1.807) is 0 Å². The summed E-state index contributed by atoms with van der Waals surface area (Å²) in [5, 5.41) is 6.79. The largest absolute Gasteiger partial charge is 0.454 e. The van der Waals surface area contributed by atoms with Crippen LogP contribution in [0.4, 0.5) is 5.82 Å². The van der Waals surface area contributed by atoms with Gasteiger partial charge in [0.05, 0.1) is 5.69 Å². The predicted molar refractivity (Wildman–Crippen MR) is 82.1 cm³/mol. The van der Waals surface area contributed by atoms with Crippen molar-refractivity contribution in [2.24, 2.45) is 0 Å². The van der Waals surface area contributed by atoms with Gasteiger partial charge in [0.15, 0.2) is 11.5 Å². The van der Waals surface area contributed by atoms with Gasteiger partial charge in [-0.3, -0.25) is 0 Å². The molecule has 0 saturated carbocycles. The van der Waals surface area contributed by atoms with E-state index in [1.165, 1.54) is 5.56 Å².